The third-order valence-corrected chi connectivity index (χ3v) is 6.39. The van der Waals surface area contributed by atoms with Gasteiger partial charge in [-0.15, -0.1) is 0 Å². The lowest BCUT2D eigenvalue weighted by Crippen LogP contribution is -2.47. The molecule has 3 aliphatic heterocycles. The third-order valence-electron chi connectivity index (χ3n) is 5.26. The number of hydrogen-bond donors (Lipinski definition) is 1. The van der Waals surface area contributed by atoms with Crippen molar-refractivity contribution in [2.24, 2.45) is 0 Å². The molecule has 3 rings (SSSR count). The molecular weight excluding hydrogens is 266 g/mol. The molecule has 0 aromatic rings. The first-order valence-corrected chi connectivity index (χ1v) is 9.85. The van der Waals surface area contributed by atoms with E-state index in [0.29, 0.717) is 0 Å². The van der Waals surface area contributed by atoms with Crippen LogP contribution in [-0.2, 0) is 0 Å². The van der Waals surface area contributed by atoms with Gasteiger partial charge in [0.05, 0.1) is 0 Å². The Balaban J connectivity index is 1.33. The SMILES string of the molecule is C1CCN(C2CCN(CCC3CSCCN3)CC2)CC1. The summed E-state index contributed by atoms with van der Waals surface area (Å²) in [5.41, 5.74) is 0. The lowest BCUT2D eigenvalue weighted by molar-refractivity contribution is 0.0911. The van der Waals surface area contributed by atoms with Crippen LogP contribution in [0.5, 0.6) is 0 Å². The largest absolute Gasteiger partial charge is 0.312 e. The Hall–Kier alpha value is 0.230. The minimum absolute atomic E-state index is 0.772. The standard InChI is InChI=1S/C16H31N3S/c1-2-8-19(9-3-1)16-5-11-18(12-6-16)10-4-15-14-20-13-7-17-15/h15-17H,1-14H2. The lowest BCUT2D eigenvalue weighted by atomic mass is 9.99. The maximum absolute atomic E-state index is 3.66. The number of thioether (sulfide) groups is 1. The van der Waals surface area contributed by atoms with E-state index in [4.69, 9.17) is 0 Å². The smallest absolute Gasteiger partial charge is 0.0170 e. The first-order valence-electron chi connectivity index (χ1n) is 8.69. The van der Waals surface area contributed by atoms with Crippen LogP contribution in [0.4, 0.5) is 0 Å². The van der Waals surface area contributed by atoms with Gasteiger partial charge in [-0.2, -0.15) is 11.8 Å². The average Bonchev–Trinajstić information content (AvgIpc) is 2.55. The average molecular weight is 298 g/mol. The molecule has 0 amide bonds. The van der Waals surface area contributed by atoms with E-state index < -0.39 is 0 Å². The van der Waals surface area contributed by atoms with Crippen LogP contribution in [0.3, 0.4) is 0 Å². The van der Waals surface area contributed by atoms with Crippen LogP contribution in [0.15, 0.2) is 0 Å². The monoisotopic (exact) mass is 297 g/mol. The summed E-state index contributed by atoms with van der Waals surface area (Å²) in [5, 5.41) is 3.66. The Morgan fingerprint density at radius 3 is 2.50 bits per heavy atom. The minimum Gasteiger partial charge on any atom is -0.312 e. The molecule has 20 heavy (non-hydrogen) atoms. The van der Waals surface area contributed by atoms with Crippen molar-refractivity contribution in [3.63, 3.8) is 0 Å². The Labute approximate surface area is 128 Å². The Kier molecular flexibility index (Phi) is 6.07. The molecule has 0 aliphatic carbocycles. The molecule has 4 heteroatoms. The zero-order valence-corrected chi connectivity index (χ0v) is 13.7. The molecule has 1 N–H and O–H groups in total. The van der Waals surface area contributed by atoms with E-state index in [2.05, 4.69) is 26.9 Å². The Morgan fingerprint density at radius 1 is 1.00 bits per heavy atom. The van der Waals surface area contributed by atoms with Crippen LogP contribution >= 0.6 is 11.8 Å². The number of hydrogen-bond acceptors (Lipinski definition) is 4. The highest BCUT2D eigenvalue weighted by atomic mass is 32.2. The van der Waals surface area contributed by atoms with Crippen LogP contribution < -0.4 is 5.32 Å². The molecule has 0 radical (unpaired) electrons. The molecule has 0 aromatic carbocycles. The summed E-state index contributed by atoms with van der Waals surface area (Å²) < 4.78 is 0. The van der Waals surface area contributed by atoms with Gasteiger partial charge in [0.25, 0.3) is 0 Å². The molecule has 116 valence electrons. The lowest BCUT2D eigenvalue weighted by Gasteiger charge is -2.40. The van der Waals surface area contributed by atoms with Crippen molar-refractivity contribution in [3.05, 3.63) is 0 Å². The number of likely N-dealkylation sites (tertiary alicyclic amines) is 2. The quantitative estimate of drug-likeness (QED) is 0.855. The van der Waals surface area contributed by atoms with Crippen LogP contribution in [0, 0.1) is 0 Å². The van der Waals surface area contributed by atoms with E-state index in [1.807, 2.05) is 0 Å². The first-order chi connectivity index (χ1) is 9.92. The molecule has 0 aromatic heterocycles. The highest BCUT2D eigenvalue weighted by Gasteiger charge is 2.25. The van der Waals surface area contributed by atoms with E-state index >= 15 is 0 Å². The van der Waals surface area contributed by atoms with Gasteiger partial charge >= 0.3 is 0 Å². The highest BCUT2D eigenvalue weighted by Crippen LogP contribution is 2.21. The first kappa shape index (κ1) is 15.1. The molecule has 3 heterocycles. The number of rotatable bonds is 4. The summed E-state index contributed by atoms with van der Waals surface area (Å²) >= 11 is 2.12. The van der Waals surface area contributed by atoms with E-state index in [9.17, 15) is 0 Å². The van der Waals surface area contributed by atoms with E-state index in [1.165, 1.54) is 89.3 Å². The summed E-state index contributed by atoms with van der Waals surface area (Å²) in [5.74, 6) is 2.63. The van der Waals surface area contributed by atoms with Crippen molar-refractivity contribution in [1.82, 2.24) is 15.1 Å². The molecule has 3 fully saturated rings. The van der Waals surface area contributed by atoms with Crippen LogP contribution in [-0.4, -0.2) is 72.7 Å². The summed E-state index contributed by atoms with van der Waals surface area (Å²) in [6.07, 6.45) is 8.50. The van der Waals surface area contributed by atoms with Crippen LogP contribution in [0.25, 0.3) is 0 Å². The van der Waals surface area contributed by atoms with Crippen molar-refractivity contribution in [1.29, 1.82) is 0 Å². The number of nitrogens with one attached hydrogen (secondary N) is 1. The fourth-order valence-electron chi connectivity index (χ4n) is 3.94. The van der Waals surface area contributed by atoms with Crippen molar-refractivity contribution in [3.8, 4) is 0 Å². The van der Waals surface area contributed by atoms with Crippen LogP contribution in [0.1, 0.15) is 38.5 Å². The van der Waals surface area contributed by atoms with Gasteiger partial charge in [-0.1, -0.05) is 6.42 Å². The second kappa shape index (κ2) is 8.02. The molecular formula is C16H31N3S. The second-order valence-corrected chi connectivity index (χ2v) is 7.83. The second-order valence-electron chi connectivity index (χ2n) is 6.68. The normalized spacial score (nSPS) is 31.5. The van der Waals surface area contributed by atoms with Crippen molar-refractivity contribution < 1.29 is 0 Å². The van der Waals surface area contributed by atoms with Gasteiger partial charge in [-0.25, -0.2) is 0 Å². The molecule has 0 bridgehead atoms. The van der Waals surface area contributed by atoms with Crippen molar-refractivity contribution >= 4 is 11.8 Å². The summed E-state index contributed by atoms with van der Waals surface area (Å²) in [6.45, 7) is 7.93. The van der Waals surface area contributed by atoms with Gasteiger partial charge in [0, 0.05) is 30.1 Å². The van der Waals surface area contributed by atoms with E-state index in [1.54, 1.807) is 0 Å². The molecule has 3 saturated heterocycles. The molecule has 0 saturated carbocycles. The Morgan fingerprint density at radius 2 is 1.80 bits per heavy atom. The predicted octanol–water partition coefficient (Wildman–Crippen LogP) is 2.03. The van der Waals surface area contributed by atoms with Gasteiger partial charge in [0.15, 0.2) is 0 Å². The van der Waals surface area contributed by atoms with Gasteiger partial charge in [-0.05, 0) is 64.8 Å². The topological polar surface area (TPSA) is 18.5 Å². The highest BCUT2D eigenvalue weighted by molar-refractivity contribution is 7.99. The molecule has 3 aliphatic rings. The fraction of sp³-hybridized carbons (Fsp3) is 1.00. The van der Waals surface area contributed by atoms with E-state index in [-0.39, 0.29) is 0 Å². The molecule has 1 unspecified atom stereocenters. The molecule has 3 nitrogen and oxygen atoms in total. The predicted molar refractivity (Wildman–Crippen MR) is 88.6 cm³/mol. The molecule has 0 spiro atoms. The number of nitrogens with zero attached hydrogens (tertiary/aromatic N) is 2. The van der Waals surface area contributed by atoms with Gasteiger partial charge < -0.3 is 15.1 Å². The maximum atomic E-state index is 3.66. The van der Waals surface area contributed by atoms with E-state index in [0.717, 1.165) is 12.1 Å². The summed E-state index contributed by atoms with van der Waals surface area (Å²) in [7, 11) is 0. The van der Waals surface area contributed by atoms with Gasteiger partial charge in [-0.3, -0.25) is 0 Å². The Bertz CT molecular complexity index is 267. The summed E-state index contributed by atoms with van der Waals surface area (Å²) in [6, 6.07) is 1.67. The zero-order valence-electron chi connectivity index (χ0n) is 12.9. The summed E-state index contributed by atoms with van der Waals surface area (Å²) in [4.78, 5) is 5.49. The zero-order chi connectivity index (χ0) is 13.6. The van der Waals surface area contributed by atoms with Crippen molar-refractivity contribution in [2.75, 3.05) is 50.8 Å². The maximum Gasteiger partial charge on any atom is 0.0170 e. The van der Waals surface area contributed by atoms with Crippen molar-refractivity contribution in [2.45, 2.75) is 50.6 Å². The minimum atomic E-state index is 0.772. The van der Waals surface area contributed by atoms with Gasteiger partial charge in [0.1, 0.15) is 0 Å². The third kappa shape index (κ3) is 4.36. The van der Waals surface area contributed by atoms with Gasteiger partial charge in [0.2, 0.25) is 0 Å². The van der Waals surface area contributed by atoms with Crippen LogP contribution in [0.2, 0.25) is 0 Å². The number of piperidine rings is 2. The molecule has 1 atom stereocenters. The fourth-order valence-corrected chi connectivity index (χ4v) is 4.93.